The Morgan fingerprint density at radius 2 is 2.33 bits per heavy atom. The molecule has 1 N–H and O–H groups in total. The summed E-state index contributed by atoms with van der Waals surface area (Å²) in [6, 6.07) is 3.75. The van der Waals surface area contributed by atoms with Gasteiger partial charge in [-0.15, -0.1) is 11.3 Å². The maximum Gasteiger partial charge on any atom is 0.205 e. The Bertz CT molecular complexity index is 829. The second-order valence-corrected chi connectivity index (χ2v) is 7.56. The highest BCUT2D eigenvalue weighted by Crippen LogP contribution is 2.34. The zero-order valence-corrected chi connectivity index (χ0v) is 13.4. The number of fused-ring (bicyclic) bond motifs is 2. The largest absolute Gasteiger partial charge is 0.345 e. The number of thiophene rings is 1. The van der Waals surface area contributed by atoms with E-state index in [2.05, 4.69) is 9.97 Å². The third kappa shape index (κ3) is 2.20. The smallest absolute Gasteiger partial charge is 0.205 e. The molecule has 3 nitrogen and oxygen atoms in total. The number of aromatic nitrogens is 2. The Kier molecular flexibility index (Phi) is 3.28. The van der Waals surface area contributed by atoms with Crippen molar-refractivity contribution in [2.75, 3.05) is 5.75 Å². The molecular weight excluding hydrogens is 324 g/mol. The molecule has 3 aromatic rings. The van der Waals surface area contributed by atoms with Gasteiger partial charge in [0.05, 0.1) is 15.5 Å². The standard InChI is InChI=1S/C15H11ClN2OS2/c16-10-1-3-17-15-13(10)9(6-18-15)14(19)12-5-8-7-20-4-2-11(8)21-12/h1,3,5-6H,2,4,7H2,(H,17,18). The number of hydrogen-bond donors (Lipinski definition) is 1. The molecule has 1 aliphatic heterocycles. The van der Waals surface area contributed by atoms with Gasteiger partial charge < -0.3 is 4.98 Å². The lowest BCUT2D eigenvalue weighted by Gasteiger charge is -2.08. The van der Waals surface area contributed by atoms with Crippen LogP contribution in [-0.2, 0) is 12.2 Å². The number of aromatic amines is 1. The molecular formula is C15H11ClN2OS2. The first kappa shape index (κ1) is 13.4. The molecule has 106 valence electrons. The molecule has 4 heterocycles. The molecule has 0 amide bonds. The summed E-state index contributed by atoms with van der Waals surface area (Å²) in [5, 5.41) is 1.27. The molecule has 0 saturated carbocycles. The van der Waals surface area contributed by atoms with Gasteiger partial charge in [0.2, 0.25) is 5.78 Å². The van der Waals surface area contributed by atoms with E-state index in [1.165, 1.54) is 10.4 Å². The molecule has 0 saturated heterocycles. The van der Waals surface area contributed by atoms with Gasteiger partial charge in [-0.2, -0.15) is 11.8 Å². The summed E-state index contributed by atoms with van der Waals surface area (Å²) >= 11 is 9.76. The van der Waals surface area contributed by atoms with Gasteiger partial charge in [0, 0.05) is 28.4 Å². The van der Waals surface area contributed by atoms with Crippen LogP contribution in [0, 0.1) is 0 Å². The fraction of sp³-hybridized carbons (Fsp3) is 0.200. The highest BCUT2D eigenvalue weighted by molar-refractivity contribution is 7.98. The molecule has 0 radical (unpaired) electrons. The van der Waals surface area contributed by atoms with Gasteiger partial charge in [-0.05, 0) is 29.9 Å². The predicted octanol–water partition coefficient (Wildman–Crippen LogP) is 4.30. The van der Waals surface area contributed by atoms with Gasteiger partial charge in [0.15, 0.2) is 0 Å². The summed E-state index contributed by atoms with van der Waals surface area (Å²) in [7, 11) is 0. The maximum absolute atomic E-state index is 12.8. The first-order chi connectivity index (χ1) is 10.2. The first-order valence-electron chi connectivity index (χ1n) is 6.59. The SMILES string of the molecule is O=C(c1cc2c(s1)CCSC2)c1c[nH]c2nccc(Cl)c12. The first-order valence-corrected chi connectivity index (χ1v) is 8.94. The minimum absolute atomic E-state index is 0.0283. The molecule has 0 aliphatic carbocycles. The third-order valence-electron chi connectivity index (χ3n) is 3.62. The molecule has 6 heteroatoms. The highest BCUT2D eigenvalue weighted by atomic mass is 35.5. The maximum atomic E-state index is 12.8. The van der Waals surface area contributed by atoms with Crippen LogP contribution in [0.3, 0.4) is 0 Å². The monoisotopic (exact) mass is 334 g/mol. The second-order valence-electron chi connectivity index (χ2n) is 4.91. The molecule has 0 unspecified atom stereocenters. The van der Waals surface area contributed by atoms with Crippen LogP contribution in [0.1, 0.15) is 25.7 Å². The average Bonchev–Trinajstić information content (AvgIpc) is 3.11. The molecule has 0 fully saturated rings. The van der Waals surface area contributed by atoms with Gasteiger partial charge in [0.25, 0.3) is 0 Å². The van der Waals surface area contributed by atoms with E-state index in [4.69, 9.17) is 11.6 Å². The summed E-state index contributed by atoms with van der Waals surface area (Å²) in [6.07, 6.45) is 4.41. The highest BCUT2D eigenvalue weighted by Gasteiger charge is 2.21. The van der Waals surface area contributed by atoms with Crippen molar-refractivity contribution in [2.24, 2.45) is 0 Å². The van der Waals surface area contributed by atoms with E-state index in [0.29, 0.717) is 21.6 Å². The summed E-state index contributed by atoms with van der Waals surface area (Å²) in [5.41, 5.74) is 2.57. The zero-order chi connectivity index (χ0) is 14.4. The van der Waals surface area contributed by atoms with E-state index in [9.17, 15) is 4.79 Å². The number of H-pyrrole nitrogens is 1. The van der Waals surface area contributed by atoms with Crippen LogP contribution in [0.5, 0.6) is 0 Å². The number of thioether (sulfide) groups is 1. The third-order valence-corrected chi connectivity index (χ3v) is 6.18. The van der Waals surface area contributed by atoms with E-state index in [1.807, 2.05) is 17.8 Å². The summed E-state index contributed by atoms with van der Waals surface area (Å²) < 4.78 is 0. The Balaban J connectivity index is 1.81. The predicted molar refractivity (Wildman–Crippen MR) is 88.7 cm³/mol. The van der Waals surface area contributed by atoms with Crippen LogP contribution in [0.15, 0.2) is 24.5 Å². The van der Waals surface area contributed by atoms with Crippen molar-refractivity contribution in [3.8, 4) is 0 Å². The molecule has 0 atom stereocenters. The minimum Gasteiger partial charge on any atom is -0.345 e. The van der Waals surface area contributed by atoms with Crippen LogP contribution >= 0.6 is 34.7 Å². The quantitative estimate of drug-likeness (QED) is 0.711. The second kappa shape index (κ2) is 5.16. The van der Waals surface area contributed by atoms with Crippen LogP contribution in [-0.4, -0.2) is 21.5 Å². The molecule has 3 aromatic heterocycles. The molecule has 1 aliphatic rings. The lowest BCUT2D eigenvalue weighted by Crippen LogP contribution is -1.97. The van der Waals surface area contributed by atoms with Gasteiger partial charge in [-0.3, -0.25) is 4.79 Å². The van der Waals surface area contributed by atoms with Crippen LogP contribution in [0.2, 0.25) is 5.02 Å². The Morgan fingerprint density at radius 3 is 3.19 bits per heavy atom. The number of ketones is 1. The Morgan fingerprint density at radius 1 is 1.43 bits per heavy atom. The fourth-order valence-electron chi connectivity index (χ4n) is 2.59. The number of nitrogens with zero attached hydrogens (tertiary/aromatic N) is 1. The van der Waals surface area contributed by atoms with Crippen molar-refractivity contribution in [3.63, 3.8) is 0 Å². The lowest BCUT2D eigenvalue weighted by atomic mass is 10.1. The van der Waals surface area contributed by atoms with E-state index in [1.54, 1.807) is 29.8 Å². The number of rotatable bonds is 2. The van der Waals surface area contributed by atoms with Crippen LogP contribution in [0.4, 0.5) is 0 Å². The molecule has 0 bridgehead atoms. The summed E-state index contributed by atoms with van der Waals surface area (Å²) in [6.45, 7) is 0. The van der Waals surface area contributed by atoms with Gasteiger partial charge in [-0.25, -0.2) is 4.98 Å². The zero-order valence-electron chi connectivity index (χ0n) is 11.0. The number of hydrogen-bond acceptors (Lipinski definition) is 4. The van der Waals surface area contributed by atoms with E-state index in [-0.39, 0.29) is 5.78 Å². The number of aryl methyl sites for hydroxylation is 1. The van der Waals surface area contributed by atoms with Gasteiger partial charge >= 0.3 is 0 Å². The van der Waals surface area contributed by atoms with Crippen molar-refractivity contribution >= 4 is 51.5 Å². The molecule has 0 aromatic carbocycles. The number of halogens is 1. The van der Waals surface area contributed by atoms with Crippen molar-refractivity contribution in [1.29, 1.82) is 0 Å². The summed E-state index contributed by atoms with van der Waals surface area (Å²) in [5.74, 6) is 2.18. The van der Waals surface area contributed by atoms with Crippen LogP contribution < -0.4 is 0 Å². The lowest BCUT2D eigenvalue weighted by molar-refractivity contribution is 0.104. The van der Waals surface area contributed by atoms with Crippen molar-refractivity contribution in [3.05, 3.63) is 50.4 Å². The number of nitrogens with one attached hydrogen (secondary N) is 1. The summed E-state index contributed by atoms with van der Waals surface area (Å²) in [4.78, 5) is 22.2. The Hall–Kier alpha value is -1.30. The number of pyridine rings is 1. The normalized spacial score (nSPS) is 14.3. The topological polar surface area (TPSA) is 45.8 Å². The fourth-order valence-corrected chi connectivity index (χ4v) is 5.16. The molecule has 21 heavy (non-hydrogen) atoms. The van der Waals surface area contributed by atoms with Crippen molar-refractivity contribution < 1.29 is 4.79 Å². The van der Waals surface area contributed by atoms with Gasteiger partial charge in [-0.1, -0.05) is 11.6 Å². The molecule has 4 rings (SSSR count). The minimum atomic E-state index is 0.0283. The van der Waals surface area contributed by atoms with E-state index < -0.39 is 0 Å². The van der Waals surface area contributed by atoms with E-state index >= 15 is 0 Å². The number of carbonyl (C=O) groups excluding carboxylic acids is 1. The molecule has 0 spiro atoms. The van der Waals surface area contributed by atoms with E-state index in [0.717, 1.165) is 22.8 Å². The Labute approximate surface area is 134 Å². The average molecular weight is 335 g/mol. The van der Waals surface area contributed by atoms with Crippen molar-refractivity contribution in [2.45, 2.75) is 12.2 Å². The number of carbonyl (C=O) groups is 1. The van der Waals surface area contributed by atoms with Crippen molar-refractivity contribution in [1.82, 2.24) is 9.97 Å². The van der Waals surface area contributed by atoms with Crippen LogP contribution in [0.25, 0.3) is 11.0 Å². The van der Waals surface area contributed by atoms with Gasteiger partial charge in [0.1, 0.15) is 5.65 Å².